The number of carbonyl (C=O) groups is 1. The molecule has 0 unspecified atom stereocenters. The van der Waals surface area contributed by atoms with Crippen molar-refractivity contribution in [2.45, 2.75) is 6.92 Å². The van der Waals surface area contributed by atoms with Crippen LogP contribution in [-0.4, -0.2) is 75.7 Å². The van der Waals surface area contributed by atoms with E-state index in [1.165, 1.54) is 0 Å². The van der Waals surface area contributed by atoms with Gasteiger partial charge in [-0.2, -0.15) is 0 Å². The van der Waals surface area contributed by atoms with Gasteiger partial charge in [0.2, 0.25) is 0 Å². The van der Waals surface area contributed by atoms with E-state index < -0.39 is 5.97 Å². The number of hydrogen-bond acceptors (Lipinski definition) is 1. The monoisotopic (exact) mass is 124 g/mol. The molecule has 34 valence electrons. The van der Waals surface area contributed by atoms with E-state index in [0.717, 1.165) is 6.92 Å². The van der Waals surface area contributed by atoms with E-state index in [0.29, 0.717) is 0 Å². The van der Waals surface area contributed by atoms with Gasteiger partial charge in [0.15, 0.2) is 0 Å². The van der Waals surface area contributed by atoms with Gasteiger partial charge in [-0.1, -0.05) is 0 Å². The van der Waals surface area contributed by atoms with Crippen LogP contribution in [-0.2, 0) is 4.79 Å². The van der Waals surface area contributed by atoms with Gasteiger partial charge in [-0.3, -0.25) is 4.79 Å². The molecule has 5 heteroatoms. The zero-order valence-corrected chi connectivity index (χ0v) is 8.86. The van der Waals surface area contributed by atoms with Gasteiger partial charge in [0.1, 0.15) is 0 Å². The molecule has 0 aromatic carbocycles. The van der Waals surface area contributed by atoms with E-state index >= 15 is 0 Å². The molecule has 0 aromatic heterocycles. The van der Waals surface area contributed by atoms with Crippen LogP contribution in [0.25, 0.3) is 0 Å². The van der Waals surface area contributed by atoms with Gasteiger partial charge in [-0.25, -0.2) is 0 Å². The summed E-state index contributed by atoms with van der Waals surface area (Å²) < 4.78 is 0. The van der Waals surface area contributed by atoms with Gasteiger partial charge in [0, 0.05) is 66.0 Å². The first kappa shape index (κ1) is 23.7. The van der Waals surface area contributed by atoms with Crippen molar-refractivity contribution < 1.29 is 15.4 Å². The molecule has 0 saturated carbocycles. The van der Waals surface area contributed by atoms with Crippen LogP contribution in [0.5, 0.6) is 0 Å². The minimum atomic E-state index is -0.833. The van der Waals surface area contributed by atoms with Gasteiger partial charge in [-0.15, -0.1) is 0 Å². The minimum absolute atomic E-state index is 0. The molecular weight excluding hydrogens is 118 g/mol. The molecule has 0 aromatic rings. The first-order valence-electron chi connectivity index (χ1n) is 0.928. The molecule has 0 aliphatic heterocycles. The van der Waals surface area contributed by atoms with Gasteiger partial charge in [0.05, 0.1) is 0 Å². The van der Waals surface area contributed by atoms with Crippen molar-refractivity contribution in [3.05, 3.63) is 0 Å². The minimum Gasteiger partial charge on any atom is -0.481 e. The Morgan fingerprint density at radius 3 is 1.43 bits per heavy atom. The maximum atomic E-state index is 9.00. The fraction of sp³-hybridized carbons (Fsp3) is 0.500. The smallest absolute Gasteiger partial charge is 0.300 e. The summed E-state index contributed by atoms with van der Waals surface area (Å²) in [6.45, 7) is 1.08. The van der Waals surface area contributed by atoms with Crippen LogP contribution in [0.3, 0.4) is 0 Å². The maximum absolute atomic E-state index is 9.00. The first-order valence-corrected chi connectivity index (χ1v) is 0.928. The van der Waals surface area contributed by atoms with E-state index in [1.54, 1.807) is 0 Å². The third-order valence-corrected chi connectivity index (χ3v) is 0. The Kier molecular flexibility index (Phi) is 53.0. The summed E-state index contributed by atoms with van der Waals surface area (Å²) in [4.78, 5) is 9.00. The van der Waals surface area contributed by atoms with E-state index in [9.17, 15) is 0 Å². The summed E-state index contributed by atoms with van der Waals surface area (Å²) in [5.74, 6) is -0.833. The van der Waals surface area contributed by atoms with Gasteiger partial charge >= 0.3 is 0 Å². The predicted molar refractivity (Wildman–Crippen MR) is 28.4 cm³/mol. The summed E-state index contributed by atoms with van der Waals surface area (Å²) in [5.41, 5.74) is 0. The van der Waals surface area contributed by atoms with E-state index in [4.69, 9.17) is 9.90 Å². The average Bonchev–Trinajstić information content (AvgIpc) is 0.811. The van der Waals surface area contributed by atoms with Crippen molar-refractivity contribution in [2.24, 2.45) is 0 Å². The zero-order chi connectivity index (χ0) is 3.58. The third kappa shape index (κ3) is 107. The first-order chi connectivity index (χ1) is 1.73. The fourth-order valence-electron chi connectivity index (χ4n) is 0. The fourth-order valence-corrected chi connectivity index (χ4v) is 0. The van der Waals surface area contributed by atoms with E-state index in [2.05, 4.69) is 0 Å². The quantitative estimate of drug-likeness (QED) is 0.399. The molecular formula is C2H6Na2O3. The second-order valence-corrected chi connectivity index (χ2v) is 0.519. The molecule has 2 radical (unpaired) electrons. The second-order valence-electron chi connectivity index (χ2n) is 0.519. The van der Waals surface area contributed by atoms with Crippen LogP contribution in [0, 0.1) is 0 Å². The molecule has 3 N–H and O–H groups in total. The topological polar surface area (TPSA) is 68.8 Å². The maximum Gasteiger partial charge on any atom is 0.300 e. The zero-order valence-electron chi connectivity index (χ0n) is 4.86. The summed E-state index contributed by atoms with van der Waals surface area (Å²) in [6.07, 6.45) is 0. The number of carboxylic acids is 1. The van der Waals surface area contributed by atoms with Crippen molar-refractivity contribution in [1.82, 2.24) is 0 Å². The molecule has 7 heavy (non-hydrogen) atoms. The van der Waals surface area contributed by atoms with Crippen molar-refractivity contribution >= 4 is 65.1 Å². The van der Waals surface area contributed by atoms with Crippen LogP contribution in [0.1, 0.15) is 6.92 Å². The normalized spacial score (nSPS) is 3.57. The molecule has 0 amide bonds. The Hall–Kier alpha value is 1.43. The molecule has 0 bridgehead atoms. The van der Waals surface area contributed by atoms with Crippen LogP contribution < -0.4 is 0 Å². The molecule has 0 spiro atoms. The summed E-state index contributed by atoms with van der Waals surface area (Å²) in [6, 6.07) is 0. The van der Waals surface area contributed by atoms with Crippen molar-refractivity contribution in [2.75, 3.05) is 0 Å². The number of hydrogen-bond donors (Lipinski definition) is 1. The molecule has 0 aliphatic carbocycles. The van der Waals surface area contributed by atoms with Crippen LogP contribution in [0.4, 0.5) is 0 Å². The largest absolute Gasteiger partial charge is 0.481 e. The average molecular weight is 124 g/mol. The predicted octanol–water partition coefficient (Wildman–Crippen LogP) is -1.50. The van der Waals surface area contributed by atoms with E-state index in [1.807, 2.05) is 0 Å². The number of rotatable bonds is 0. The standard InChI is InChI=1S/C2H4O2.2Na.H2O/c1-2(3)4;;;/h1H3,(H,3,4);;;1H2. The number of carboxylic acid groups (broad SMARTS) is 1. The SMILES string of the molecule is CC(=O)O.O.[Na].[Na]. The Labute approximate surface area is 86.4 Å². The molecule has 0 rings (SSSR count). The summed E-state index contributed by atoms with van der Waals surface area (Å²) >= 11 is 0. The molecule has 0 fully saturated rings. The van der Waals surface area contributed by atoms with Crippen molar-refractivity contribution in [3.63, 3.8) is 0 Å². The van der Waals surface area contributed by atoms with Crippen LogP contribution >= 0.6 is 0 Å². The summed E-state index contributed by atoms with van der Waals surface area (Å²) in [5, 5.41) is 7.42. The van der Waals surface area contributed by atoms with Gasteiger partial charge in [-0.05, 0) is 0 Å². The Bertz CT molecular complexity index is 33.9. The summed E-state index contributed by atoms with van der Waals surface area (Å²) in [7, 11) is 0. The van der Waals surface area contributed by atoms with Gasteiger partial charge < -0.3 is 10.6 Å². The number of aliphatic carboxylic acids is 1. The molecule has 0 heterocycles. The Morgan fingerprint density at radius 1 is 1.43 bits per heavy atom. The molecule has 0 aliphatic rings. The Balaban J connectivity index is -0.0000000150. The van der Waals surface area contributed by atoms with Gasteiger partial charge in [0.25, 0.3) is 5.97 Å². The molecule has 0 saturated heterocycles. The molecule has 3 nitrogen and oxygen atoms in total. The van der Waals surface area contributed by atoms with Crippen LogP contribution in [0.15, 0.2) is 0 Å². The van der Waals surface area contributed by atoms with E-state index in [-0.39, 0.29) is 64.6 Å². The molecule has 0 atom stereocenters. The third-order valence-electron chi connectivity index (χ3n) is 0. The van der Waals surface area contributed by atoms with Crippen molar-refractivity contribution in [3.8, 4) is 0 Å². The van der Waals surface area contributed by atoms with Crippen LogP contribution in [0.2, 0.25) is 0 Å². The Morgan fingerprint density at radius 2 is 1.43 bits per heavy atom. The van der Waals surface area contributed by atoms with Crippen molar-refractivity contribution in [1.29, 1.82) is 0 Å². The second kappa shape index (κ2) is 15.7.